The molecule has 0 aromatic heterocycles. The van der Waals surface area contributed by atoms with Crippen molar-refractivity contribution in [2.45, 2.75) is 6.42 Å². The first-order chi connectivity index (χ1) is 8.59. The smallest absolute Gasteiger partial charge is 0.328 e. The van der Waals surface area contributed by atoms with Crippen molar-refractivity contribution in [3.63, 3.8) is 0 Å². The van der Waals surface area contributed by atoms with Gasteiger partial charge < -0.3 is 10.4 Å². The van der Waals surface area contributed by atoms with Gasteiger partial charge in [0.25, 0.3) is 0 Å². The van der Waals surface area contributed by atoms with Gasteiger partial charge in [-0.2, -0.15) is 0 Å². The summed E-state index contributed by atoms with van der Waals surface area (Å²) in [6.45, 7) is 0.133. The molecule has 0 spiro atoms. The number of benzene rings is 1. The summed E-state index contributed by atoms with van der Waals surface area (Å²) in [5.41, 5.74) is 0.564. The molecule has 0 radical (unpaired) electrons. The van der Waals surface area contributed by atoms with Crippen molar-refractivity contribution >= 4 is 23.6 Å². The van der Waals surface area contributed by atoms with Gasteiger partial charge in [0.15, 0.2) is 0 Å². The van der Waals surface area contributed by atoms with E-state index in [1.807, 2.05) is 0 Å². The summed E-state index contributed by atoms with van der Waals surface area (Å²) in [5, 5.41) is 11.3. The first-order valence-electron chi connectivity index (χ1n) is 5.50. The van der Waals surface area contributed by atoms with Gasteiger partial charge in [0.2, 0.25) is 5.91 Å². The van der Waals surface area contributed by atoms with Crippen LogP contribution >= 0.6 is 0 Å². The van der Waals surface area contributed by atoms with E-state index in [0.717, 1.165) is 4.90 Å². The van der Waals surface area contributed by atoms with Crippen LogP contribution < -0.4 is 5.32 Å². The minimum Gasteiger partial charge on any atom is -0.481 e. The van der Waals surface area contributed by atoms with Crippen LogP contribution in [0.3, 0.4) is 0 Å². The Labute approximate surface area is 103 Å². The van der Waals surface area contributed by atoms with E-state index in [1.165, 1.54) is 0 Å². The molecule has 18 heavy (non-hydrogen) atoms. The molecular formula is C12H12N2O4. The summed E-state index contributed by atoms with van der Waals surface area (Å²) in [5.74, 6) is -2.95. The van der Waals surface area contributed by atoms with E-state index < -0.39 is 23.8 Å². The van der Waals surface area contributed by atoms with Crippen LogP contribution in [0.4, 0.5) is 10.5 Å². The number of imide groups is 1. The summed E-state index contributed by atoms with van der Waals surface area (Å²) < 4.78 is 0. The van der Waals surface area contributed by atoms with Gasteiger partial charge in [0.05, 0.1) is 0 Å². The summed E-state index contributed by atoms with van der Waals surface area (Å²) in [6, 6.07) is 8.09. The predicted octanol–water partition coefficient (Wildman–Crippen LogP) is 1.15. The van der Waals surface area contributed by atoms with Crippen LogP contribution in [-0.2, 0) is 9.59 Å². The van der Waals surface area contributed by atoms with E-state index in [0.29, 0.717) is 5.69 Å². The number of carboxylic acid groups (broad SMARTS) is 1. The van der Waals surface area contributed by atoms with Crippen molar-refractivity contribution in [2.75, 3.05) is 11.9 Å². The molecule has 0 saturated carbocycles. The van der Waals surface area contributed by atoms with Gasteiger partial charge in [-0.15, -0.1) is 0 Å². The van der Waals surface area contributed by atoms with E-state index in [9.17, 15) is 14.4 Å². The fourth-order valence-electron chi connectivity index (χ4n) is 1.82. The zero-order valence-corrected chi connectivity index (χ0v) is 9.50. The van der Waals surface area contributed by atoms with Crippen molar-refractivity contribution < 1.29 is 19.5 Å². The molecule has 1 aromatic rings. The largest absolute Gasteiger partial charge is 0.481 e. The third-order valence-electron chi connectivity index (χ3n) is 2.77. The highest BCUT2D eigenvalue weighted by atomic mass is 16.4. The van der Waals surface area contributed by atoms with E-state index in [4.69, 9.17) is 5.11 Å². The molecule has 6 nitrogen and oxygen atoms in total. The van der Waals surface area contributed by atoms with Crippen molar-refractivity contribution in [2.24, 2.45) is 5.92 Å². The number of rotatable bonds is 2. The predicted molar refractivity (Wildman–Crippen MR) is 62.9 cm³/mol. The van der Waals surface area contributed by atoms with Gasteiger partial charge in [0, 0.05) is 12.2 Å². The minimum absolute atomic E-state index is 0.133. The average Bonchev–Trinajstić information content (AvgIpc) is 2.72. The van der Waals surface area contributed by atoms with E-state index in [1.54, 1.807) is 30.3 Å². The second kappa shape index (κ2) is 4.87. The summed E-state index contributed by atoms with van der Waals surface area (Å²) in [6.07, 6.45) is 0.163. The third-order valence-corrected chi connectivity index (χ3v) is 2.77. The summed E-state index contributed by atoms with van der Waals surface area (Å²) in [7, 11) is 0. The number of urea groups is 1. The zero-order valence-electron chi connectivity index (χ0n) is 9.50. The fourth-order valence-corrected chi connectivity index (χ4v) is 1.82. The number of nitrogens with one attached hydrogen (secondary N) is 1. The van der Waals surface area contributed by atoms with Crippen molar-refractivity contribution in [3.05, 3.63) is 30.3 Å². The van der Waals surface area contributed by atoms with Crippen LogP contribution in [-0.4, -0.2) is 34.5 Å². The van der Waals surface area contributed by atoms with Crippen LogP contribution in [0.2, 0.25) is 0 Å². The van der Waals surface area contributed by atoms with E-state index >= 15 is 0 Å². The molecule has 3 amide bonds. The number of anilines is 1. The first kappa shape index (κ1) is 12.1. The SMILES string of the molecule is O=C(O)C1CCN(C(=O)Nc2ccccc2)C1=O. The molecule has 1 atom stereocenters. The van der Waals surface area contributed by atoms with Crippen LogP contribution in [0.15, 0.2) is 30.3 Å². The lowest BCUT2D eigenvalue weighted by molar-refractivity contribution is -0.146. The molecule has 1 aromatic carbocycles. The second-order valence-corrected chi connectivity index (χ2v) is 3.97. The Morgan fingerprint density at radius 2 is 1.94 bits per heavy atom. The molecule has 0 aliphatic carbocycles. The topological polar surface area (TPSA) is 86.7 Å². The Morgan fingerprint density at radius 1 is 1.28 bits per heavy atom. The number of carbonyl (C=O) groups is 3. The maximum atomic E-state index is 11.8. The monoisotopic (exact) mass is 248 g/mol. The van der Waals surface area contributed by atoms with Gasteiger partial charge in [-0.1, -0.05) is 18.2 Å². The summed E-state index contributed by atoms with van der Waals surface area (Å²) in [4.78, 5) is 35.2. The Kier molecular flexibility index (Phi) is 3.27. The Balaban J connectivity index is 2.03. The summed E-state index contributed by atoms with van der Waals surface area (Å²) >= 11 is 0. The lowest BCUT2D eigenvalue weighted by Gasteiger charge is -2.14. The normalized spacial score (nSPS) is 18.8. The lowest BCUT2D eigenvalue weighted by atomic mass is 10.1. The molecule has 1 unspecified atom stereocenters. The molecule has 1 heterocycles. The maximum absolute atomic E-state index is 11.8. The molecule has 1 saturated heterocycles. The number of hydrogen-bond donors (Lipinski definition) is 2. The van der Waals surface area contributed by atoms with Gasteiger partial charge >= 0.3 is 12.0 Å². The molecule has 2 rings (SSSR count). The Bertz CT molecular complexity index is 486. The number of para-hydroxylation sites is 1. The number of likely N-dealkylation sites (tertiary alicyclic amines) is 1. The van der Waals surface area contributed by atoms with Crippen LogP contribution in [0.1, 0.15) is 6.42 Å². The number of nitrogens with zero attached hydrogens (tertiary/aromatic N) is 1. The number of aliphatic carboxylic acids is 1. The van der Waals surface area contributed by atoms with Crippen molar-refractivity contribution in [1.82, 2.24) is 4.90 Å². The number of amides is 3. The highest BCUT2D eigenvalue weighted by molar-refractivity contribution is 6.08. The molecule has 2 N–H and O–H groups in total. The van der Waals surface area contributed by atoms with E-state index in [-0.39, 0.29) is 13.0 Å². The Morgan fingerprint density at radius 3 is 2.50 bits per heavy atom. The van der Waals surface area contributed by atoms with Gasteiger partial charge in [-0.25, -0.2) is 4.79 Å². The second-order valence-electron chi connectivity index (χ2n) is 3.97. The third kappa shape index (κ3) is 2.32. The maximum Gasteiger partial charge on any atom is 0.328 e. The van der Waals surface area contributed by atoms with Crippen LogP contribution in [0.25, 0.3) is 0 Å². The van der Waals surface area contributed by atoms with Gasteiger partial charge in [-0.3, -0.25) is 14.5 Å². The molecule has 1 aliphatic heterocycles. The molecule has 6 heteroatoms. The zero-order chi connectivity index (χ0) is 13.1. The minimum atomic E-state index is -1.19. The lowest BCUT2D eigenvalue weighted by Crippen LogP contribution is -2.38. The molecule has 0 bridgehead atoms. The average molecular weight is 248 g/mol. The fraction of sp³-hybridized carbons (Fsp3) is 0.250. The number of carbonyl (C=O) groups excluding carboxylic acids is 2. The molecule has 1 fully saturated rings. The van der Waals surface area contributed by atoms with E-state index in [2.05, 4.69) is 5.32 Å². The number of carboxylic acids is 1. The highest BCUT2D eigenvalue weighted by Gasteiger charge is 2.39. The quantitative estimate of drug-likeness (QED) is 0.769. The number of hydrogen-bond acceptors (Lipinski definition) is 3. The standard InChI is InChI=1S/C12H12N2O4/c15-10-9(11(16)17)6-7-14(10)12(18)13-8-4-2-1-3-5-8/h1-5,9H,6-7H2,(H,13,18)(H,16,17). The Hall–Kier alpha value is -2.37. The van der Waals surface area contributed by atoms with Crippen molar-refractivity contribution in [1.29, 1.82) is 0 Å². The van der Waals surface area contributed by atoms with Crippen LogP contribution in [0.5, 0.6) is 0 Å². The molecule has 1 aliphatic rings. The van der Waals surface area contributed by atoms with Crippen molar-refractivity contribution in [3.8, 4) is 0 Å². The van der Waals surface area contributed by atoms with Gasteiger partial charge in [-0.05, 0) is 18.6 Å². The highest BCUT2D eigenvalue weighted by Crippen LogP contribution is 2.19. The van der Waals surface area contributed by atoms with Gasteiger partial charge in [0.1, 0.15) is 5.92 Å². The molecular weight excluding hydrogens is 236 g/mol. The molecule has 94 valence electrons. The van der Waals surface area contributed by atoms with Crippen LogP contribution in [0, 0.1) is 5.92 Å². The first-order valence-corrected chi connectivity index (χ1v) is 5.50.